The van der Waals surface area contributed by atoms with E-state index in [2.05, 4.69) is 0 Å². The molecule has 0 rings (SSSR count). The van der Waals surface area contributed by atoms with E-state index >= 15 is 0 Å². The van der Waals surface area contributed by atoms with Gasteiger partial charge in [0.15, 0.2) is 0 Å². The third kappa shape index (κ3) is 5.58. The molecule has 0 N–H and O–H groups in total. The van der Waals surface area contributed by atoms with Gasteiger partial charge in [-0.25, -0.2) is 0 Å². The number of hydrogen-bond donors (Lipinski definition) is 0. The van der Waals surface area contributed by atoms with Crippen molar-refractivity contribution in [3.63, 3.8) is 0 Å². The smallest absolute Gasteiger partial charge is 0.302 e. The van der Waals surface area contributed by atoms with Crippen molar-refractivity contribution in [3.05, 3.63) is 12.0 Å². The third-order valence-electron chi connectivity index (χ3n) is 1.17. The van der Waals surface area contributed by atoms with Crippen LogP contribution < -0.4 is 0 Å². The van der Waals surface area contributed by atoms with Crippen molar-refractivity contribution < 1.29 is 19.0 Å². The van der Waals surface area contributed by atoms with Gasteiger partial charge in [-0.1, -0.05) is 0 Å². The zero-order valence-corrected chi connectivity index (χ0v) is 7.62. The Kier molecular flexibility index (Phi) is 5.87. The predicted octanol–water partition coefficient (Wildman–Crippen LogP) is 1.07. The van der Waals surface area contributed by atoms with Gasteiger partial charge < -0.3 is 14.2 Å². The topological polar surface area (TPSA) is 44.8 Å². The summed E-state index contributed by atoms with van der Waals surface area (Å²) in [5.74, 6) is 0.363. The molecule has 0 amide bonds. The van der Waals surface area contributed by atoms with Crippen LogP contribution in [0.5, 0.6) is 0 Å². The summed E-state index contributed by atoms with van der Waals surface area (Å²) in [4.78, 5) is 10.4. The van der Waals surface area contributed by atoms with Gasteiger partial charge in [0.2, 0.25) is 0 Å². The van der Waals surface area contributed by atoms with E-state index in [-0.39, 0.29) is 5.97 Å². The Hall–Kier alpha value is -1.19. The molecule has 70 valence electrons. The van der Waals surface area contributed by atoms with Gasteiger partial charge in [-0.15, -0.1) is 0 Å². The van der Waals surface area contributed by atoms with Crippen molar-refractivity contribution in [1.29, 1.82) is 0 Å². The van der Waals surface area contributed by atoms with Crippen LogP contribution >= 0.6 is 0 Å². The Balaban J connectivity index is 3.58. The van der Waals surface area contributed by atoms with E-state index in [1.54, 1.807) is 7.11 Å². The van der Waals surface area contributed by atoms with Crippen LogP contribution in [0.25, 0.3) is 0 Å². The van der Waals surface area contributed by atoms with Crippen LogP contribution in [0.1, 0.15) is 13.3 Å². The van der Waals surface area contributed by atoms with Gasteiger partial charge in [0.1, 0.15) is 12.0 Å². The molecular formula is C8H14O4. The maximum Gasteiger partial charge on any atom is 0.302 e. The zero-order chi connectivity index (χ0) is 9.40. The van der Waals surface area contributed by atoms with Crippen LogP contribution in [0.4, 0.5) is 0 Å². The highest BCUT2D eigenvalue weighted by molar-refractivity contribution is 5.65. The second-order valence-corrected chi connectivity index (χ2v) is 2.11. The average molecular weight is 174 g/mol. The van der Waals surface area contributed by atoms with E-state index in [1.165, 1.54) is 20.3 Å². The van der Waals surface area contributed by atoms with Gasteiger partial charge in [-0.3, -0.25) is 4.79 Å². The van der Waals surface area contributed by atoms with Crippen molar-refractivity contribution in [2.75, 3.05) is 20.8 Å². The first kappa shape index (κ1) is 10.8. The van der Waals surface area contributed by atoms with Crippen molar-refractivity contribution in [2.45, 2.75) is 13.3 Å². The van der Waals surface area contributed by atoms with Crippen LogP contribution in [0.3, 0.4) is 0 Å². The molecule has 0 radical (unpaired) electrons. The number of carbonyl (C=O) groups excluding carboxylic acids is 1. The molecular weight excluding hydrogens is 160 g/mol. The van der Waals surface area contributed by atoms with Gasteiger partial charge in [0, 0.05) is 13.3 Å². The highest BCUT2D eigenvalue weighted by Crippen LogP contribution is 2.01. The average Bonchev–Trinajstić information content (AvgIpc) is 2.02. The van der Waals surface area contributed by atoms with Crippen LogP contribution in [-0.4, -0.2) is 26.8 Å². The summed E-state index contributed by atoms with van der Waals surface area (Å²) in [7, 11) is 3.07. The largest absolute Gasteiger partial charge is 0.501 e. The van der Waals surface area contributed by atoms with Crippen molar-refractivity contribution >= 4 is 5.97 Å². The molecule has 0 aliphatic carbocycles. The Morgan fingerprint density at radius 2 is 2.08 bits per heavy atom. The maximum absolute atomic E-state index is 10.4. The first-order valence-electron chi connectivity index (χ1n) is 3.60. The van der Waals surface area contributed by atoms with Crippen LogP contribution in [0.2, 0.25) is 0 Å². The number of esters is 1. The molecule has 0 aromatic carbocycles. The SMILES string of the molecule is COC=C(CCOC(C)=O)OC. The molecule has 0 aromatic heterocycles. The first-order chi connectivity index (χ1) is 5.70. The summed E-state index contributed by atoms with van der Waals surface area (Å²) >= 11 is 0. The molecule has 4 nitrogen and oxygen atoms in total. The fraction of sp³-hybridized carbons (Fsp3) is 0.625. The molecule has 12 heavy (non-hydrogen) atoms. The highest BCUT2D eigenvalue weighted by atomic mass is 16.5. The van der Waals surface area contributed by atoms with E-state index in [9.17, 15) is 4.79 Å². The molecule has 0 heterocycles. The zero-order valence-electron chi connectivity index (χ0n) is 7.62. The van der Waals surface area contributed by atoms with Crippen molar-refractivity contribution in [1.82, 2.24) is 0 Å². The second kappa shape index (κ2) is 6.52. The van der Waals surface area contributed by atoms with E-state index in [0.29, 0.717) is 18.8 Å². The molecule has 0 atom stereocenters. The van der Waals surface area contributed by atoms with Crippen LogP contribution in [0, 0.1) is 0 Å². The molecule has 0 spiro atoms. The summed E-state index contributed by atoms with van der Waals surface area (Å²) in [5.41, 5.74) is 0. The molecule has 0 unspecified atom stereocenters. The van der Waals surface area contributed by atoms with Gasteiger partial charge in [0.05, 0.1) is 20.8 Å². The molecule has 0 saturated carbocycles. The van der Waals surface area contributed by atoms with Crippen LogP contribution in [0.15, 0.2) is 12.0 Å². The van der Waals surface area contributed by atoms with E-state index in [4.69, 9.17) is 14.2 Å². The summed E-state index contributed by atoms with van der Waals surface area (Å²) in [6.07, 6.45) is 2.01. The minimum absolute atomic E-state index is 0.289. The minimum Gasteiger partial charge on any atom is -0.501 e. The Labute approximate surface area is 72.1 Å². The lowest BCUT2D eigenvalue weighted by molar-refractivity contribution is -0.141. The standard InChI is InChI=1S/C8H14O4/c1-7(9)12-5-4-8(11-3)6-10-2/h6H,4-5H2,1-3H3. The lowest BCUT2D eigenvalue weighted by Crippen LogP contribution is -2.02. The fourth-order valence-corrected chi connectivity index (χ4v) is 0.636. The van der Waals surface area contributed by atoms with E-state index < -0.39 is 0 Å². The Bertz CT molecular complexity index is 162. The summed E-state index contributed by atoms with van der Waals surface area (Å²) in [6.45, 7) is 1.69. The Morgan fingerprint density at radius 3 is 2.50 bits per heavy atom. The molecule has 0 aliphatic heterocycles. The molecule has 0 saturated heterocycles. The number of hydrogen-bond acceptors (Lipinski definition) is 4. The molecule has 4 heteroatoms. The molecule has 0 aliphatic rings. The lowest BCUT2D eigenvalue weighted by Gasteiger charge is -2.05. The van der Waals surface area contributed by atoms with Gasteiger partial charge >= 0.3 is 5.97 Å². The van der Waals surface area contributed by atoms with Crippen LogP contribution in [-0.2, 0) is 19.0 Å². The van der Waals surface area contributed by atoms with E-state index in [0.717, 1.165) is 0 Å². The van der Waals surface area contributed by atoms with Gasteiger partial charge in [-0.2, -0.15) is 0 Å². The number of rotatable bonds is 5. The quantitative estimate of drug-likeness (QED) is 0.462. The summed E-state index contributed by atoms with van der Waals surface area (Å²) in [6, 6.07) is 0. The van der Waals surface area contributed by atoms with Crippen molar-refractivity contribution in [3.8, 4) is 0 Å². The van der Waals surface area contributed by atoms with E-state index in [1.807, 2.05) is 0 Å². The van der Waals surface area contributed by atoms with Gasteiger partial charge in [-0.05, 0) is 0 Å². The summed E-state index contributed by atoms with van der Waals surface area (Å²) < 4.78 is 14.3. The monoisotopic (exact) mass is 174 g/mol. The molecule has 0 fully saturated rings. The Morgan fingerprint density at radius 1 is 1.42 bits per heavy atom. The minimum atomic E-state index is -0.289. The number of carbonyl (C=O) groups is 1. The lowest BCUT2D eigenvalue weighted by atomic mass is 10.4. The number of ether oxygens (including phenoxy) is 3. The van der Waals surface area contributed by atoms with Gasteiger partial charge in [0.25, 0.3) is 0 Å². The predicted molar refractivity (Wildman–Crippen MR) is 43.4 cm³/mol. The normalized spacial score (nSPS) is 10.8. The number of methoxy groups -OCH3 is 2. The maximum atomic E-state index is 10.4. The highest BCUT2D eigenvalue weighted by Gasteiger charge is 1.98. The van der Waals surface area contributed by atoms with Crippen molar-refractivity contribution in [2.24, 2.45) is 0 Å². The molecule has 0 aromatic rings. The summed E-state index contributed by atoms with van der Waals surface area (Å²) in [5, 5.41) is 0. The molecule has 0 bridgehead atoms. The first-order valence-corrected chi connectivity index (χ1v) is 3.60. The second-order valence-electron chi connectivity index (χ2n) is 2.11. The fourth-order valence-electron chi connectivity index (χ4n) is 0.636. The third-order valence-corrected chi connectivity index (χ3v) is 1.17.